The van der Waals surface area contributed by atoms with Crippen LogP contribution in [0.25, 0.3) is 0 Å². The Labute approximate surface area is 142 Å². The van der Waals surface area contributed by atoms with Gasteiger partial charge in [0.1, 0.15) is 17.3 Å². The van der Waals surface area contributed by atoms with Crippen LogP contribution in [0.1, 0.15) is 42.8 Å². The first-order chi connectivity index (χ1) is 11.6. The average Bonchev–Trinajstić information content (AvgIpc) is 3.08. The van der Waals surface area contributed by atoms with E-state index in [2.05, 4.69) is 25.4 Å². The Kier molecular flexibility index (Phi) is 5.35. The van der Waals surface area contributed by atoms with Gasteiger partial charge in [-0.15, -0.1) is 10.2 Å². The Morgan fingerprint density at radius 3 is 2.58 bits per heavy atom. The van der Waals surface area contributed by atoms with E-state index in [1.807, 2.05) is 13.8 Å². The van der Waals surface area contributed by atoms with Crippen molar-refractivity contribution in [2.45, 2.75) is 32.6 Å². The monoisotopic (exact) mass is 329 g/mol. The normalized spacial score (nSPS) is 16.3. The van der Waals surface area contributed by atoms with Crippen LogP contribution < -0.4 is 5.32 Å². The van der Waals surface area contributed by atoms with Gasteiger partial charge in [0, 0.05) is 19.0 Å². The number of aryl methyl sites for hydroxylation is 1. The highest BCUT2D eigenvalue weighted by molar-refractivity contribution is 5.45. The average molecular weight is 329 g/mol. The Hall–Kier alpha value is -2.08. The molecule has 1 aromatic heterocycles. The van der Waals surface area contributed by atoms with Crippen molar-refractivity contribution in [3.05, 3.63) is 47.2 Å². The molecule has 5 nitrogen and oxygen atoms in total. The van der Waals surface area contributed by atoms with Gasteiger partial charge in [-0.25, -0.2) is 9.37 Å². The van der Waals surface area contributed by atoms with Crippen molar-refractivity contribution in [2.75, 3.05) is 31.5 Å². The third kappa shape index (κ3) is 4.06. The molecule has 1 atom stereocenters. The number of likely N-dealkylation sites (tertiary alicyclic amines) is 1. The molecular weight excluding hydrogens is 305 g/mol. The highest BCUT2D eigenvalue weighted by Crippen LogP contribution is 2.26. The van der Waals surface area contributed by atoms with E-state index >= 15 is 0 Å². The molecule has 1 aliphatic heterocycles. The van der Waals surface area contributed by atoms with E-state index in [1.165, 1.54) is 38.1 Å². The molecular formula is C18H24FN5. The Bertz CT molecular complexity index is 668. The molecule has 1 fully saturated rings. The summed E-state index contributed by atoms with van der Waals surface area (Å²) in [6, 6.07) is 6.52. The third-order valence-electron chi connectivity index (χ3n) is 4.52. The molecule has 3 rings (SSSR count). The molecule has 24 heavy (non-hydrogen) atoms. The zero-order valence-electron chi connectivity index (χ0n) is 14.3. The van der Waals surface area contributed by atoms with E-state index in [4.69, 9.17) is 0 Å². The van der Waals surface area contributed by atoms with Crippen LogP contribution in [0.2, 0.25) is 0 Å². The number of halogens is 1. The van der Waals surface area contributed by atoms with Crippen molar-refractivity contribution in [3.8, 4) is 0 Å². The lowest BCUT2D eigenvalue weighted by atomic mass is 9.97. The summed E-state index contributed by atoms with van der Waals surface area (Å²) >= 11 is 0. The van der Waals surface area contributed by atoms with Crippen molar-refractivity contribution in [1.29, 1.82) is 0 Å². The SMILES string of the molecule is Cc1nnc([C@H](C)c2ccc(F)cc2)c(NCCN2CCCC2)n1. The van der Waals surface area contributed by atoms with Crippen molar-refractivity contribution in [3.63, 3.8) is 0 Å². The molecule has 0 saturated carbocycles. The molecule has 0 amide bonds. The van der Waals surface area contributed by atoms with E-state index in [9.17, 15) is 4.39 Å². The van der Waals surface area contributed by atoms with Gasteiger partial charge in [0.2, 0.25) is 0 Å². The van der Waals surface area contributed by atoms with Gasteiger partial charge in [-0.3, -0.25) is 0 Å². The second-order valence-corrected chi connectivity index (χ2v) is 6.34. The van der Waals surface area contributed by atoms with Crippen LogP contribution in [-0.4, -0.2) is 46.3 Å². The molecule has 1 N–H and O–H groups in total. The summed E-state index contributed by atoms with van der Waals surface area (Å²) in [6.07, 6.45) is 2.59. The van der Waals surface area contributed by atoms with Gasteiger partial charge in [0.05, 0.1) is 0 Å². The van der Waals surface area contributed by atoms with Crippen LogP contribution in [0, 0.1) is 12.7 Å². The molecule has 0 radical (unpaired) electrons. The highest BCUT2D eigenvalue weighted by Gasteiger charge is 2.18. The van der Waals surface area contributed by atoms with Crippen LogP contribution in [0.3, 0.4) is 0 Å². The molecule has 1 aliphatic rings. The van der Waals surface area contributed by atoms with E-state index in [0.29, 0.717) is 5.82 Å². The maximum absolute atomic E-state index is 13.1. The summed E-state index contributed by atoms with van der Waals surface area (Å²) in [5, 5.41) is 11.9. The number of nitrogens with zero attached hydrogens (tertiary/aromatic N) is 4. The van der Waals surface area contributed by atoms with Crippen molar-refractivity contribution in [2.24, 2.45) is 0 Å². The van der Waals surface area contributed by atoms with Crippen LogP contribution in [0.4, 0.5) is 10.2 Å². The van der Waals surface area contributed by atoms with Crippen LogP contribution >= 0.6 is 0 Å². The van der Waals surface area contributed by atoms with E-state index in [1.54, 1.807) is 12.1 Å². The number of nitrogens with one attached hydrogen (secondary N) is 1. The highest BCUT2D eigenvalue weighted by atomic mass is 19.1. The molecule has 2 aromatic rings. The number of rotatable bonds is 6. The topological polar surface area (TPSA) is 53.9 Å². The molecule has 1 saturated heterocycles. The molecule has 0 bridgehead atoms. The molecule has 2 heterocycles. The maximum Gasteiger partial charge on any atom is 0.152 e. The van der Waals surface area contributed by atoms with Gasteiger partial charge in [0.15, 0.2) is 5.82 Å². The summed E-state index contributed by atoms with van der Waals surface area (Å²) in [5.41, 5.74) is 1.80. The Balaban J connectivity index is 1.73. The quantitative estimate of drug-likeness (QED) is 0.883. The minimum Gasteiger partial charge on any atom is -0.367 e. The molecule has 0 spiro atoms. The first-order valence-corrected chi connectivity index (χ1v) is 8.56. The fourth-order valence-electron chi connectivity index (χ4n) is 3.08. The summed E-state index contributed by atoms with van der Waals surface area (Å²) in [5.74, 6) is 1.19. The van der Waals surface area contributed by atoms with Gasteiger partial charge in [-0.2, -0.15) is 0 Å². The summed E-state index contributed by atoms with van der Waals surface area (Å²) in [4.78, 5) is 6.98. The zero-order valence-corrected chi connectivity index (χ0v) is 14.3. The summed E-state index contributed by atoms with van der Waals surface area (Å²) in [6.45, 7) is 8.09. The molecule has 0 unspecified atom stereocenters. The van der Waals surface area contributed by atoms with Crippen LogP contribution in [0.5, 0.6) is 0 Å². The predicted molar refractivity (Wildman–Crippen MR) is 92.6 cm³/mol. The smallest absolute Gasteiger partial charge is 0.152 e. The number of hydrogen-bond acceptors (Lipinski definition) is 5. The van der Waals surface area contributed by atoms with Gasteiger partial charge in [-0.05, 0) is 50.6 Å². The molecule has 6 heteroatoms. The van der Waals surface area contributed by atoms with Crippen molar-refractivity contribution in [1.82, 2.24) is 20.1 Å². The van der Waals surface area contributed by atoms with Gasteiger partial charge in [0.25, 0.3) is 0 Å². The van der Waals surface area contributed by atoms with Crippen molar-refractivity contribution >= 4 is 5.82 Å². The number of aromatic nitrogens is 3. The second kappa shape index (κ2) is 7.66. The number of benzene rings is 1. The second-order valence-electron chi connectivity index (χ2n) is 6.34. The Morgan fingerprint density at radius 2 is 1.88 bits per heavy atom. The third-order valence-corrected chi connectivity index (χ3v) is 4.52. The van der Waals surface area contributed by atoms with Gasteiger partial charge >= 0.3 is 0 Å². The predicted octanol–water partition coefficient (Wildman–Crippen LogP) is 2.98. The summed E-state index contributed by atoms with van der Waals surface area (Å²) in [7, 11) is 0. The van der Waals surface area contributed by atoms with Crippen LogP contribution in [0.15, 0.2) is 24.3 Å². The minimum absolute atomic E-state index is 0.000451. The summed E-state index contributed by atoms with van der Waals surface area (Å²) < 4.78 is 13.1. The lowest BCUT2D eigenvalue weighted by molar-refractivity contribution is 0.352. The molecule has 128 valence electrons. The fraction of sp³-hybridized carbons (Fsp3) is 0.500. The van der Waals surface area contributed by atoms with Crippen LogP contribution in [-0.2, 0) is 0 Å². The number of hydrogen-bond donors (Lipinski definition) is 1. The molecule has 0 aliphatic carbocycles. The van der Waals surface area contributed by atoms with Crippen molar-refractivity contribution < 1.29 is 4.39 Å². The van der Waals surface area contributed by atoms with Gasteiger partial charge in [-0.1, -0.05) is 19.1 Å². The fourth-order valence-corrected chi connectivity index (χ4v) is 3.08. The lowest BCUT2D eigenvalue weighted by Crippen LogP contribution is -2.26. The first kappa shape index (κ1) is 16.8. The zero-order chi connectivity index (χ0) is 16.9. The first-order valence-electron chi connectivity index (χ1n) is 8.56. The van der Waals surface area contributed by atoms with Gasteiger partial charge < -0.3 is 10.2 Å². The lowest BCUT2D eigenvalue weighted by Gasteiger charge is -2.18. The van der Waals surface area contributed by atoms with E-state index in [0.717, 1.165) is 30.2 Å². The van der Waals surface area contributed by atoms with E-state index < -0.39 is 0 Å². The minimum atomic E-state index is -0.233. The standard InChI is InChI=1S/C18H24FN5/c1-13(15-5-7-16(19)8-6-15)17-18(21-14(2)22-23-17)20-9-12-24-10-3-4-11-24/h5-8,13H,3-4,9-12H2,1-2H3,(H,20,21,22)/t13-/m1/s1. The van der Waals surface area contributed by atoms with E-state index in [-0.39, 0.29) is 11.7 Å². The Morgan fingerprint density at radius 1 is 1.17 bits per heavy atom. The number of anilines is 1. The largest absolute Gasteiger partial charge is 0.367 e. The maximum atomic E-state index is 13.1. The molecule has 1 aromatic carbocycles.